The van der Waals surface area contributed by atoms with E-state index in [4.69, 9.17) is 15.5 Å². The average Bonchev–Trinajstić information content (AvgIpc) is 2.88. The molecule has 0 aliphatic carbocycles. The quantitative estimate of drug-likeness (QED) is 0.508. The van der Waals surface area contributed by atoms with Gasteiger partial charge in [-0.15, -0.1) is 0 Å². The molecule has 0 unspecified atom stereocenters. The summed E-state index contributed by atoms with van der Waals surface area (Å²) in [5.41, 5.74) is 1.66. The first kappa shape index (κ1) is 17.9. The van der Waals surface area contributed by atoms with Gasteiger partial charge in [0.25, 0.3) is 0 Å². The third-order valence-electron chi connectivity index (χ3n) is 3.78. The number of aromatic nitrogens is 1. The third kappa shape index (κ3) is 4.31. The van der Waals surface area contributed by atoms with Gasteiger partial charge in [0, 0.05) is 43.7 Å². The molecule has 3 rings (SSSR count). The van der Waals surface area contributed by atoms with Gasteiger partial charge in [0.15, 0.2) is 0 Å². The van der Waals surface area contributed by atoms with Crippen LogP contribution < -0.4 is 10.2 Å². The number of fused-ring (bicyclic) bond motifs is 1. The van der Waals surface area contributed by atoms with Gasteiger partial charge in [-0.05, 0) is 22.0 Å². The van der Waals surface area contributed by atoms with Crippen LogP contribution in [0.3, 0.4) is 0 Å². The number of nitrogens with zero attached hydrogens (tertiary/aromatic N) is 3. The van der Waals surface area contributed by atoms with Crippen molar-refractivity contribution < 1.29 is 19.8 Å². The summed E-state index contributed by atoms with van der Waals surface area (Å²) in [5, 5.41) is 28.0. The van der Waals surface area contributed by atoms with Crippen molar-refractivity contribution >= 4 is 33.6 Å². The number of aliphatic carboxylic acids is 2. The molecule has 1 aromatic heterocycles. The lowest BCUT2D eigenvalue weighted by Crippen LogP contribution is -2.55. The van der Waals surface area contributed by atoms with Crippen LogP contribution in [0, 0.1) is 17.2 Å². The molecule has 2 aliphatic rings. The Kier molecular flexibility index (Phi) is 5.89. The molecule has 3 heterocycles. The van der Waals surface area contributed by atoms with Gasteiger partial charge in [0.05, 0.1) is 17.4 Å². The number of hydrogen-bond acceptors (Lipinski definition) is 6. The summed E-state index contributed by atoms with van der Waals surface area (Å²) in [7, 11) is 0. The van der Waals surface area contributed by atoms with Gasteiger partial charge >= 0.3 is 11.9 Å². The van der Waals surface area contributed by atoms with Crippen molar-refractivity contribution in [2.75, 3.05) is 24.5 Å². The van der Waals surface area contributed by atoms with Crippen LogP contribution >= 0.6 is 15.9 Å². The first-order valence-corrected chi connectivity index (χ1v) is 7.88. The van der Waals surface area contributed by atoms with E-state index in [1.807, 2.05) is 12.3 Å². The van der Waals surface area contributed by atoms with Gasteiger partial charge in [-0.3, -0.25) is 0 Å². The molecule has 126 valence electrons. The zero-order valence-electron chi connectivity index (χ0n) is 12.5. The molecule has 3 N–H and O–H groups in total. The average molecular weight is 395 g/mol. The lowest BCUT2D eigenvalue weighted by Gasteiger charge is -2.45. The fourth-order valence-corrected chi connectivity index (χ4v) is 2.94. The second-order valence-electron chi connectivity index (χ2n) is 5.29. The van der Waals surface area contributed by atoms with E-state index < -0.39 is 11.9 Å². The fourth-order valence-electron chi connectivity index (χ4n) is 2.63. The Morgan fingerprint density at radius 2 is 2.04 bits per heavy atom. The molecule has 0 bridgehead atoms. The maximum atomic E-state index is 9.55. The highest BCUT2D eigenvalue weighted by Gasteiger charge is 2.42. The van der Waals surface area contributed by atoms with Crippen molar-refractivity contribution in [3.63, 3.8) is 0 Å². The fraction of sp³-hybridized carbons (Fsp3) is 0.333. The van der Waals surface area contributed by atoms with Crippen LogP contribution in [0.15, 0.2) is 29.0 Å². The van der Waals surface area contributed by atoms with Crippen LogP contribution in [0.2, 0.25) is 0 Å². The number of rotatable bonds is 3. The molecule has 8 nitrogen and oxygen atoms in total. The number of hydrogen-bond donors (Lipinski definition) is 3. The molecular weight excluding hydrogens is 380 g/mol. The van der Waals surface area contributed by atoms with Crippen LogP contribution in [0.5, 0.6) is 0 Å². The van der Waals surface area contributed by atoms with E-state index in [9.17, 15) is 9.59 Å². The lowest BCUT2D eigenvalue weighted by atomic mass is 9.91. The number of pyridine rings is 1. The molecule has 0 radical (unpaired) electrons. The molecule has 2 aliphatic heterocycles. The van der Waals surface area contributed by atoms with Crippen molar-refractivity contribution in [1.82, 2.24) is 10.3 Å². The standard InChI is InChI=1S/C11H11BrN4.C4H4O4/c12-11-7(2-13)1-9(4-15-11)16-6-8-3-14-5-10(8)16;5-3(6)1-2-4(7)8/h1,4,8,10,14H,3,5-6H2;1-2H,(H,5,6)(H,7,8)/t8-,10-;/m1./s1. The van der Waals surface area contributed by atoms with E-state index in [1.54, 1.807) is 0 Å². The largest absolute Gasteiger partial charge is 0.478 e. The van der Waals surface area contributed by atoms with Crippen molar-refractivity contribution in [3.05, 3.63) is 34.6 Å². The summed E-state index contributed by atoms with van der Waals surface area (Å²) in [5.74, 6) is -1.74. The zero-order chi connectivity index (χ0) is 17.7. The number of anilines is 1. The summed E-state index contributed by atoms with van der Waals surface area (Å²) in [4.78, 5) is 25.6. The van der Waals surface area contributed by atoms with Crippen molar-refractivity contribution in [3.8, 4) is 6.07 Å². The Morgan fingerprint density at radius 1 is 1.38 bits per heavy atom. The Hall–Kier alpha value is -2.44. The van der Waals surface area contributed by atoms with Gasteiger partial charge in [0.1, 0.15) is 10.7 Å². The van der Waals surface area contributed by atoms with Crippen LogP contribution in [-0.4, -0.2) is 52.8 Å². The molecule has 2 saturated heterocycles. The van der Waals surface area contributed by atoms with Gasteiger partial charge < -0.3 is 20.4 Å². The highest BCUT2D eigenvalue weighted by molar-refractivity contribution is 9.10. The molecule has 0 amide bonds. The van der Waals surface area contributed by atoms with E-state index in [-0.39, 0.29) is 0 Å². The third-order valence-corrected chi connectivity index (χ3v) is 4.41. The molecule has 0 aromatic carbocycles. The zero-order valence-corrected chi connectivity index (χ0v) is 14.1. The number of carbonyl (C=O) groups is 2. The topological polar surface area (TPSA) is 127 Å². The van der Waals surface area contributed by atoms with Crippen LogP contribution in [0.1, 0.15) is 5.56 Å². The molecular formula is C15H15BrN4O4. The monoisotopic (exact) mass is 394 g/mol. The summed E-state index contributed by atoms with van der Waals surface area (Å²) in [6.45, 7) is 3.24. The van der Waals surface area contributed by atoms with E-state index >= 15 is 0 Å². The minimum absolute atomic E-state index is 0.558. The van der Waals surface area contributed by atoms with Gasteiger partial charge in [-0.1, -0.05) is 0 Å². The summed E-state index contributed by atoms with van der Waals surface area (Å²) in [6.07, 6.45) is 2.95. The van der Waals surface area contributed by atoms with Gasteiger partial charge in [-0.2, -0.15) is 5.26 Å². The minimum Gasteiger partial charge on any atom is -0.478 e. The molecule has 0 spiro atoms. The van der Waals surface area contributed by atoms with Crippen molar-refractivity contribution in [1.29, 1.82) is 5.26 Å². The molecule has 9 heteroatoms. The molecule has 24 heavy (non-hydrogen) atoms. The normalized spacial score (nSPS) is 21.2. The van der Waals surface area contributed by atoms with Crippen LogP contribution in [0.25, 0.3) is 0 Å². The van der Waals surface area contributed by atoms with Crippen LogP contribution in [0.4, 0.5) is 5.69 Å². The highest BCUT2D eigenvalue weighted by Crippen LogP contribution is 2.33. The summed E-state index contributed by atoms with van der Waals surface area (Å²) in [6, 6.07) is 4.65. The highest BCUT2D eigenvalue weighted by atomic mass is 79.9. The molecule has 2 atom stereocenters. The van der Waals surface area contributed by atoms with Crippen molar-refractivity contribution in [2.45, 2.75) is 6.04 Å². The summed E-state index contributed by atoms with van der Waals surface area (Å²) < 4.78 is 0.625. The summed E-state index contributed by atoms with van der Waals surface area (Å²) >= 11 is 3.27. The van der Waals surface area contributed by atoms with E-state index in [1.165, 1.54) is 0 Å². The maximum Gasteiger partial charge on any atom is 0.328 e. The second-order valence-corrected chi connectivity index (χ2v) is 6.04. The Morgan fingerprint density at radius 3 is 2.58 bits per heavy atom. The maximum absolute atomic E-state index is 9.55. The predicted molar refractivity (Wildman–Crippen MR) is 88.6 cm³/mol. The lowest BCUT2D eigenvalue weighted by molar-refractivity contribution is -0.134. The number of carboxylic acid groups (broad SMARTS) is 2. The van der Waals surface area contributed by atoms with E-state index in [2.05, 4.69) is 37.2 Å². The second kappa shape index (κ2) is 7.90. The Labute approximate surface area is 146 Å². The van der Waals surface area contributed by atoms with Crippen molar-refractivity contribution in [2.24, 2.45) is 5.92 Å². The molecule has 2 fully saturated rings. The molecule has 1 aromatic rings. The molecule has 0 saturated carbocycles. The minimum atomic E-state index is -1.26. The van der Waals surface area contributed by atoms with Gasteiger partial charge in [-0.25, -0.2) is 14.6 Å². The first-order chi connectivity index (χ1) is 11.4. The Bertz CT molecular complexity index is 700. The van der Waals surface area contributed by atoms with Crippen LogP contribution in [-0.2, 0) is 9.59 Å². The first-order valence-electron chi connectivity index (χ1n) is 7.09. The Balaban J connectivity index is 0.000000224. The number of nitriles is 1. The van der Waals surface area contributed by atoms with E-state index in [0.29, 0.717) is 28.4 Å². The van der Waals surface area contributed by atoms with Gasteiger partial charge in [0.2, 0.25) is 0 Å². The predicted octanol–water partition coefficient (Wildman–Crippen LogP) is 0.836. The smallest absolute Gasteiger partial charge is 0.328 e. The number of nitrogens with one attached hydrogen (secondary N) is 1. The number of halogens is 1. The van der Waals surface area contributed by atoms with E-state index in [0.717, 1.165) is 31.2 Å². The SMILES string of the molecule is N#Cc1cc(N2C[C@H]3CNC[C@H]32)cnc1Br.O=C(O)C=CC(=O)O. The number of carboxylic acids is 2.